The summed E-state index contributed by atoms with van der Waals surface area (Å²) in [5.74, 6) is 0.687. The highest BCUT2D eigenvalue weighted by atomic mass is 16.5. The van der Waals surface area contributed by atoms with Crippen LogP contribution >= 0.6 is 0 Å². The van der Waals surface area contributed by atoms with Crippen molar-refractivity contribution in [1.29, 1.82) is 0 Å². The molecule has 110 valence electrons. The van der Waals surface area contributed by atoms with Gasteiger partial charge in [0.15, 0.2) is 0 Å². The molecule has 1 atom stereocenters. The van der Waals surface area contributed by atoms with Gasteiger partial charge in [-0.05, 0) is 25.0 Å². The standard InChI is InChI=1S/C16H20N4O/c1-2-8-17-16(6-1)21-12-15-11-19(13-4-3-5-13)10-14-7-9-18-20(14)15/h1-2,6-9,13,15H,3-5,10-12H2/t15-/m1/s1. The highest BCUT2D eigenvalue weighted by molar-refractivity contribution is 5.10. The highest BCUT2D eigenvalue weighted by Crippen LogP contribution is 2.30. The van der Waals surface area contributed by atoms with Crippen LogP contribution in [0.2, 0.25) is 0 Å². The molecule has 0 aromatic carbocycles. The average molecular weight is 284 g/mol. The summed E-state index contributed by atoms with van der Waals surface area (Å²) in [5.41, 5.74) is 1.29. The van der Waals surface area contributed by atoms with Crippen molar-refractivity contribution in [3.8, 4) is 5.88 Å². The third-order valence-corrected chi connectivity index (χ3v) is 4.56. The summed E-state index contributed by atoms with van der Waals surface area (Å²) in [6.45, 7) is 2.66. The highest BCUT2D eigenvalue weighted by Gasteiger charge is 2.32. The van der Waals surface area contributed by atoms with E-state index in [4.69, 9.17) is 4.74 Å². The SMILES string of the molecule is c1ccc(OC[C@H]2CN(C3CCC3)Cc3ccnn32)nc1. The van der Waals surface area contributed by atoms with Crippen molar-refractivity contribution in [3.63, 3.8) is 0 Å². The number of pyridine rings is 1. The van der Waals surface area contributed by atoms with Gasteiger partial charge in [0.25, 0.3) is 0 Å². The van der Waals surface area contributed by atoms with Gasteiger partial charge in [-0.25, -0.2) is 4.98 Å². The van der Waals surface area contributed by atoms with Crippen molar-refractivity contribution in [2.24, 2.45) is 0 Å². The van der Waals surface area contributed by atoms with Crippen LogP contribution in [0.25, 0.3) is 0 Å². The number of nitrogens with zero attached hydrogens (tertiary/aromatic N) is 4. The number of ether oxygens (including phenoxy) is 1. The summed E-state index contributed by atoms with van der Waals surface area (Å²) in [5, 5.41) is 4.48. The molecule has 0 radical (unpaired) electrons. The second-order valence-corrected chi connectivity index (χ2v) is 5.91. The first kappa shape index (κ1) is 12.8. The van der Waals surface area contributed by atoms with Crippen LogP contribution in [0.1, 0.15) is 31.0 Å². The second kappa shape index (κ2) is 5.48. The Bertz CT molecular complexity index is 593. The summed E-state index contributed by atoms with van der Waals surface area (Å²) < 4.78 is 7.98. The molecular formula is C16H20N4O. The maximum absolute atomic E-state index is 5.85. The minimum Gasteiger partial charge on any atom is -0.475 e. The van der Waals surface area contributed by atoms with Gasteiger partial charge in [-0.3, -0.25) is 9.58 Å². The average Bonchev–Trinajstić information content (AvgIpc) is 2.92. The van der Waals surface area contributed by atoms with Crippen molar-refractivity contribution in [3.05, 3.63) is 42.4 Å². The third kappa shape index (κ3) is 2.53. The lowest BCUT2D eigenvalue weighted by Gasteiger charge is -2.42. The van der Waals surface area contributed by atoms with Gasteiger partial charge < -0.3 is 4.74 Å². The lowest BCUT2D eigenvalue weighted by Crippen LogP contribution is -2.47. The summed E-state index contributed by atoms with van der Waals surface area (Å²) in [6, 6.07) is 8.90. The fourth-order valence-electron chi connectivity index (χ4n) is 3.18. The van der Waals surface area contributed by atoms with Crippen molar-refractivity contribution in [1.82, 2.24) is 19.7 Å². The lowest BCUT2D eigenvalue weighted by molar-refractivity contribution is 0.0596. The van der Waals surface area contributed by atoms with E-state index in [9.17, 15) is 0 Å². The lowest BCUT2D eigenvalue weighted by atomic mass is 9.90. The number of hydrogen-bond acceptors (Lipinski definition) is 4. The Morgan fingerprint density at radius 1 is 1.19 bits per heavy atom. The Morgan fingerprint density at radius 3 is 2.90 bits per heavy atom. The molecule has 1 saturated carbocycles. The van der Waals surface area contributed by atoms with Gasteiger partial charge in [0, 0.05) is 37.6 Å². The molecule has 0 spiro atoms. The summed E-state index contributed by atoms with van der Waals surface area (Å²) in [6.07, 6.45) is 7.70. The van der Waals surface area contributed by atoms with Gasteiger partial charge in [0.05, 0.1) is 11.7 Å². The minimum atomic E-state index is 0.270. The van der Waals surface area contributed by atoms with Crippen molar-refractivity contribution in [2.45, 2.75) is 37.9 Å². The summed E-state index contributed by atoms with van der Waals surface area (Å²) >= 11 is 0. The zero-order valence-corrected chi connectivity index (χ0v) is 12.1. The van der Waals surface area contributed by atoms with Crippen LogP contribution in [0.3, 0.4) is 0 Å². The Hall–Kier alpha value is -1.88. The first-order valence-electron chi connectivity index (χ1n) is 7.70. The van der Waals surface area contributed by atoms with Crippen molar-refractivity contribution < 1.29 is 4.74 Å². The number of fused-ring (bicyclic) bond motifs is 1. The maximum Gasteiger partial charge on any atom is 0.213 e. The van der Waals surface area contributed by atoms with E-state index in [0.29, 0.717) is 12.5 Å². The molecule has 3 heterocycles. The third-order valence-electron chi connectivity index (χ3n) is 4.56. The molecule has 5 nitrogen and oxygen atoms in total. The molecule has 1 aliphatic heterocycles. The van der Waals surface area contributed by atoms with Crippen LogP contribution in [0.4, 0.5) is 0 Å². The zero-order chi connectivity index (χ0) is 14.1. The van der Waals surface area contributed by atoms with E-state index >= 15 is 0 Å². The Kier molecular flexibility index (Phi) is 3.35. The maximum atomic E-state index is 5.85. The molecule has 5 heteroatoms. The van der Waals surface area contributed by atoms with Gasteiger partial charge in [0.2, 0.25) is 5.88 Å². The molecule has 0 N–H and O–H groups in total. The quantitative estimate of drug-likeness (QED) is 0.864. The Balaban J connectivity index is 1.48. The minimum absolute atomic E-state index is 0.270. The molecule has 21 heavy (non-hydrogen) atoms. The number of rotatable bonds is 4. The van der Waals surface area contributed by atoms with Gasteiger partial charge in [0.1, 0.15) is 6.61 Å². The molecular weight excluding hydrogens is 264 g/mol. The van der Waals surface area contributed by atoms with Crippen LogP contribution in [0.15, 0.2) is 36.7 Å². The van der Waals surface area contributed by atoms with Gasteiger partial charge in [-0.2, -0.15) is 5.10 Å². The molecule has 0 bridgehead atoms. The zero-order valence-electron chi connectivity index (χ0n) is 12.1. The first-order valence-corrected chi connectivity index (χ1v) is 7.70. The second-order valence-electron chi connectivity index (χ2n) is 5.91. The van der Waals surface area contributed by atoms with E-state index in [1.54, 1.807) is 6.20 Å². The van der Waals surface area contributed by atoms with Gasteiger partial charge >= 0.3 is 0 Å². The van der Waals surface area contributed by atoms with Gasteiger partial charge in [-0.1, -0.05) is 12.5 Å². The topological polar surface area (TPSA) is 43.2 Å². The van der Waals surface area contributed by atoms with E-state index in [2.05, 4.69) is 25.7 Å². The smallest absolute Gasteiger partial charge is 0.213 e. The Morgan fingerprint density at radius 2 is 2.14 bits per heavy atom. The monoisotopic (exact) mass is 284 g/mol. The van der Waals surface area contributed by atoms with E-state index in [1.807, 2.05) is 24.4 Å². The predicted molar refractivity (Wildman–Crippen MR) is 79.0 cm³/mol. The molecule has 0 saturated heterocycles. The Labute approximate surface area is 124 Å². The van der Waals surface area contributed by atoms with Crippen LogP contribution in [-0.4, -0.2) is 38.9 Å². The van der Waals surface area contributed by atoms with E-state index in [1.165, 1.54) is 25.0 Å². The molecule has 2 aromatic heterocycles. The van der Waals surface area contributed by atoms with E-state index in [-0.39, 0.29) is 6.04 Å². The van der Waals surface area contributed by atoms with E-state index in [0.717, 1.165) is 19.1 Å². The normalized spacial score (nSPS) is 22.6. The van der Waals surface area contributed by atoms with Crippen LogP contribution in [-0.2, 0) is 6.54 Å². The molecule has 2 aliphatic rings. The van der Waals surface area contributed by atoms with Gasteiger partial charge in [-0.15, -0.1) is 0 Å². The first-order chi connectivity index (χ1) is 10.4. The molecule has 1 fully saturated rings. The fourth-order valence-corrected chi connectivity index (χ4v) is 3.18. The fraction of sp³-hybridized carbons (Fsp3) is 0.500. The number of hydrogen-bond donors (Lipinski definition) is 0. The molecule has 0 amide bonds. The largest absolute Gasteiger partial charge is 0.475 e. The van der Waals surface area contributed by atoms with Crippen LogP contribution in [0, 0.1) is 0 Å². The van der Waals surface area contributed by atoms with E-state index < -0.39 is 0 Å². The summed E-state index contributed by atoms with van der Waals surface area (Å²) in [4.78, 5) is 6.81. The molecule has 2 aromatic rings. The molecule has 0 unspecified atom stereocenters. The van der Waals surface area contributed by atoms with Crippen LogP contribution < -0.4 is 4.74 Å². The number of aromatic nitrogens is 3. The predicted octanol–water partition coefficient (Wildman–Crippen LogP) is 2.27. The molecule has 1 aliphatic carbocycles. The van der Waals surface area contributed by atoms with Crippen molar-refractivity contribution >= 4 is 0 Å². The van der Waals surface area contributed by atoms with Crippen molar-refractivity contribution in [2.75, 3.05) is 13.2 Å². The molecule has 4 rings (SSSR count). The summed E-state index contributed by atoms with van der Waals surface area (Å²) in [7, 11) is 0. The van der Waals surface area contributed by atoms with Crippen LogP contribution in [0.5, 0.6) is 5.88 Å².